The summed E-state index contributed by atoms with van der Waals surface area (Å²) in [6, 6.07) is 3.78. The van der Waals surface area contributed by atoms with Crippen LogP contribution in [-0.2, 0) is 5.41 Å². The van der Waals surface area contributed by atoms with Gasteiger partial charge in [0.2, 0.25) is 0 Å². The van der Waals surface area contributed by atoms with E-state index in [-0.39, 0.29) is 31.1 Å². The highest BCUT2D eigenvalue weighted by molar-refractivity contribution is 5.75. The minimum atomic E-state index is -2.93. The van der Waals surface area contributed by atoms with Crippen LogP contribution in [0.4, 0.5) is 18.0 Å². The van der Waals surface area contributed by atoms with E-state index in [0.717, 1.165) is 31.7 Å². The lowest BCUT2D eigenvalue weighted by molar-refractivity contribution is -0.0973. The standard InChI is InChI=1S/C27H41F3N4O.CH4/c1-19(2)32-14-16-33(17-15-32)23-6-5-9-27(29,30)24(23)31-25(35)34-12-10-26(4,11-13-34)21-8-7-20(3)18-22(21)28;/h7-8,18-19,23-24H,5-6,9-17H2,1-4H3,(H,31,35);1H4/t23-,24+;/m0./s1. The van der Waals surface area contributed by atoms with Crippen LogP contribution >= 0.6 is 0 Å². The third kappa shape index (κ3) is 6.01. The van der Waals surface area contributed by atoms with E-state index in [1.807, 2.05) is 26.0 Å². The fraction of sp³-hybridized carbons (Fsp3) is 0.750. The predicted octanol–water partition coefficient (Wildman–Crippen LogP) is 5.42. The van der Waals surface area contributed by atoms with Crippen molar-refractivity contribution >= 4 is 6.03 Å². The van der Waals surface area contributed by atoms with Crippen molar-refractivity contribution in [3.63, 3.8) is 0 Å². The van der Waals surface area contributed by atoms with E-state index >= 15 is 8.78 Å². The number of hydrogen-bond donors (Lipinski definition) is 1. The maximum Gasteiger partial charge on any atom is 0.317 e. The van der Waals surface area contributed by atoms with Gasteiger partial charge in [-0.3, -0.25) is 9.80 Å². The average molecular weight is 511 g/mol. The molecule has 2 heterocycles. The zero-order valence-corrected chi connectivity index (χ0v) is 21.6. The summed E-state index contributed by atoms with van der Waals surface area (Å²) in [7, 11) is 0. The van der Waals surface area contributed by atoms with E-state index < -0.39 is 18.0 Å². The molecule has 2 atom stereocenters. The maximum atomic E-state index is 15.1. The highest BCUT2D eigenvalue weighted by atomic mass is 19.3. The van der Waals surface area contributed by atoms with Gasteiger partial charge in [-0.2, -0.15) is 0 Å². The molecule has 8 heteroatoms. The Morgan fingerprint density at radius 1 is 1.06 bits per heavy atom. The summed E-state index contributed by atoms with van der Waals surface area (Å²) in [6.45, 7) is 12.3. The molecule has 5 nitrogen and oxygen atoms in total. The zero-order chi connectivity index (χ0) is 25.4. The number of benzene rings is 1. The number of likely N-dealkylation sites (tertiary alicyclic amines) is 1. The number of amides is 2. The van der Waals surface area contributed by atoms with Crippen molar-refractivity contribution in [1.29, 1.82) is 0 Å². The molecule has 3 aliphatic rings. The number of halogens is 3. The van der Waals surface area contributed by atoms with Gasteiger partial charge in [-0.05, 0) is 69.1 Å². The molecule has 0 aromatic heterocycles. The van der Waals surface area contributed by atoms with Crippen molar-refractivity contribution in [2.24, 2.45) is 0 Å². The number of urea groups is 1. The van der Waals surface area contributed by atoms with Gasteiger partial charge in [0, 0.05) is 57.8 Å². The van der Waals surface area contributed by atoms with Crippen LogP contribution in [0.5, 0.6) is 0 Å². The molecule has 2 aliphatic heterocycles. The largest absolute Gasteiger partial charge is 0.328 e. The number of nitrogens with zero attached hydrogens (tertiary/aromatic N) is 3. The van der Waals surface area contributed by atoms with Crippen LogP contribution in [0.15, 0.2) is 18.2 Å². The van der Waals surface area contributed by atoms with Gasteiger partial charge in [-0.25, -0.2) is 18.0 Å². The number of carbonyl (C=O) groups excluding carboxylic acids is 1. The first-order valence-electron chi connectivity index (χ1n) is 13.2. The highest BCUT2D eigenvalue weighted by Gasteiger charge is 2.50. The Morgan fingerprint density at radius 3 is 2.28 bits per heavy atom. The summed E-state index contributed by atoms with van der Waals surface area (Å²) in [6.07, 6.45) is 2.15. The molecule has 1 aromatic rings. The maximum absolute atomic E-state index is 15.1. The van der Waals surface area contributed by atoms with Crippen LogP contribution in [0, 0.1) is 12.7 Å². The Labute approximate surface area is 215 Å². The Kier molecular flexibility index (Phi) is 9.03. The molecule has 0 bridgehead atoms. The van der Waals surface area contributed by atoms with Crippen molar-refractivity contribution in [2.45, 2.75) is 96.7 Å². The lowest BCUT2D eigenvalue weighted by Crippen LogP contribution is -2.66. The number of aryl methyl sites for hydroxylation is 1. The summed E-state index contributed by atoms with van der Waals surface area (Å²) >= 11 is 0. The molecule has 1 aliphatic carbocycles. The van der Waals surface area contributed by atoms with E-state index in [4.69, 9.17) is 0 Å². The minimum Gasteiger partial charge on any atom is -0.328 e. The first kappa shape index (κ1) is 28.8. The molecule has 204 valence electrons. The van der Waals surface area contributed by atoms with E-state index in [9.17, 15) is 9.18 Å². The second kappa shape index (κ2) is 11.3. The highest BCUT2D eigenvalue weighted by Crippen LogP contribution is 2.38. The number of alkyl halides is 2. The predicted molar refractivity (Wildman–Crippen MR) is 139 cm³/mol. The molecule has 0 spiro atoms. The Hall–Kier alpha value is -1.80. The summed E-state index contributed by atoms with van der Waals surface area (Å²) in [5.41, 5.74) is 1.17. The quantitative estimate of drug-likeness (QED) is 0.588. The second-order valence-electron chi connectivity index (χ2n) is 11.3. The molecule has 4 rings (SSSR count). The van der Waals surface area contributed by atoms with Crippen LogP contribution in [0.2, 0.25) is 0 Å². The normalized spacial score (nSPS) is 26.9. The molecule has 1 saturated carbocycles. The Bertz CT molecular complexity index is 893. The number of piperidine rings is 1. The van der Waals surface area contributed by atoms with Crippen molar-refractivity contribution in [3.05, 3.63) is 35.1 Å². The number of carbonyl (C=O) groups is 1. The van der Waals surface area contributed by atoms with Crippen molar-refractivity contribution in [1.82, 2.24) is 20.0 Å². The summed E-state index contributed by atoms with van der Waals surface area (Å²) in [5, 5.41) is 2.75. The molecule has 1 aromatic carbocycles. The molecular formula is C28H45F3N4O. The van der Waals surface area contributed by atoms with Crippen molar-refractivity contribution < 1.29 is 18.0 Å². The average Bonchev–Trinajstić information content (AvgIpc) is 2.80. The fourth-order valence-electron chi connectivity index (χ4n) is 6.14. The SMILES string of the molecule is C.Cc1ccc(C2(C)CCN(C(=O)N[C@@H]3[C@@H](N4CCN(C(C)C)CC4)CCCC3(F)F)CC2)c(F)c1. The van der Waals surface area contributed by atoms with Gasteiger partial charge in [0.1, 0.15) is 11.9 Å². The smallest absolute Gasteiger partial charge is 0.317 e. The van der Waals surface area contributed by atoms with E-state index in [2.05, 4.69) is 29.0 Å². The molecule has 1 N–H and O–H groups in total. The molecule has 2 saturated heterocycles. The van der Waals surface area contributed by atoms with E-state index in [1.165, 1.54) is 0 Å². The molecule has 3 fully saturated rings. The molecule has 36 heavy (non-hydrogen) atoms. The number of piperazine rings is 1. The first-order chi connectivity index (χ1) is 16.5. The van der Waals surface area contributed by atoms with E-state index in [1.54, 1.807) is 11.0 Å². The van der Waals surface area contributed by atoms with Crippen LogP contribution in [0.25, 0.3) is 0 Å². The molecule has 0 unspecified atom stereocenters. The van der Waals surface area contributed by atoms with Gasteiger partial charge in [0.15, 0.2) is 0 Å². The Balaban J connectivity index is 0.00000361. The van der Waals surface area contributed by atoms with Gasteiger partial charge >= 0.3 is 6.03 Å². The van der Waals surface area contributed by atoms with Crippen molar-refractivity contribution in [3.8, 4) is 0 Å². The third-order valence-corrected chi connectivity index (χ3v) is 8.61. The van der Waals surface area contributed by atoms with Gasteiger partial charge in [0.25, 0.3) is 5.92 Å². The Morgan fingerprint density at radius 2 is 1.69 bits per heavy atom. The molecular weight excluding hydrogens is 465 g/mol. The minimum absolute atomic E-state index is 0. The van der Waals surface area contributed by atoms with Crippen LogP contribution in [-0.4, -0.2) is 84.0 Å². The second-order valence-corrected chi connectivity index (χ2v) is 11.3. The summed E-state index contributed by atoms with van der Waals surface area (Å²) in [5.74, 6) is -3.14. The number of nitrogens with one attached hydrogen (secondary N) is 1. The van der Waals surface area contributed by atoms with Crippen LogP contribution < -0.4 is 5.32 Å². The van der Waals surface area contributed by atoms with Gasteiger partial charge in [-0.15, -0.1) is 0 Å². The monoisotopic (exact) mass is 510 g/mol. The summed E-state index contributed by atoms with van der Waals surface area (Å²) in [4.78, 5) is 19.3. The zero-order valence-electron chi connectivity index (χ0n) is 21.6. The third-order valence-electron chi connectivity index (χ3n) is 8.61. The summed E-state index contributed by atoms with van der Waals surface area (Å²) < 4.78 is 44.9. The number of hydrogen-bond acceptors (Lipinski definition) is 3. The van der Waals surface area contributed by atoms with Crippen LogP contribution in [0.1, 0.15) is 71.4 Å². The topological polar surface area (TPSA) is 38.8 Å². The van der Waals surface area contributed by atoms with Crippen molar-refractivity contribution in [2.75, 3.05) is 39.3 Å². The lowest BCUT2D eigenvalue weighted by atomic mass is 9.74. The first-order valence-corrected chi connectivity index (χ1v) is 13.2. The molecule has 0 radical (unpaired) electrons. The van der Waals surface area contributed by atoms with Gasteiger partial charge in [-0.1, -0.05) is 26.5 Å². The molecule has 2 amide bonds. The van der Waals surface area contributed by atoms with Crippen LogP contribution in [0.3, 0.4) is 0 Å². The fourth-order valence-corrected chi connectivity index (χ4v) is 6.14. The van der Waals surface area contributed by atoms with E-state index in [0.29, 0.717) is 50.4 Å². The lowest BCUT2D eigenvalue weighted by Gasteiger charge is -2.48. The van der Waals surface area contributed by atoms with Gasteiger partial charge in [0.05, 0.1) is 0 Å². The number of rotatable bonds is 4. The van der Waals surface area contributed by atoms with Gasteiger partial charge < -0.3 is 10.2 Å².